The van der Waals surface area contributed by atoms with Crippen molar-refractivity contribution in [2.75, 3.05) is 37.0 Å². The van der Waals surface area contributed by atoms with Crippen LogP contribution in [0.1, 0.15) is 39.7 Å². The summed E-state index contributed by atoms with van der Waals surface area (Å²) >= 11 is 0. The molecule has 1 aliphatic heterocycles. The number of ether oxygens (including phenoxy) is 3. The van der Waals surface area contributed by atoms with Gasteiger partial charge in [0.05, 0.1) is 36.8 Å². The van der Waals surface area contributed by atoms with E-state index < -0.39 is 15.4 Å². The van der Waals surface area contributed by atoms with Crippen molar-refractivity contribution in [2.24, 2.45) is 11.3 Å². The monoisotopic (exact) mass is 490 g/mol. The molecule has 0 radical (unpaired) electrons. The molecular weight excluding hydrogens is 456 g/mol. The van der Waals surface area contributed by atoms with Gasteiger partial charge in [-0.15, -0.1) is 0 Å². The van der Waals surface area contributed by atoms with E-state index in [0.717, 1.165) is 6.42 Å². The number of methoxy groups -OCH3 is 2. The summed E-state index contributed by atoms with van der Waals surface area (Å²) in [5.74, 6) is 1.67. The number of anilines is 2. The summed E-state index contributed by atoms with van der Waals surface area (Å²) < 4.78 is 44.9. The number of benzene rings is 2. The first kappa shape index (κ1) is 25.7. The van der Waals surface area contributed by atoms with Crippen LogP contribution in [0.5, 0.6) is 17.2 Å². The van der Waals surface area contributed by atoms with Gasteiger partial charge in [-0.2, -0.15) is 0 Å². The van der Waals surface area contributed by atoms with Crippen molar-refractivity contribution in [1.82, 2.24) is 0 Å². The Morgan fingerprint density at radius 3 is 2.32 bits per heavy atom. The Balaban J connectivity index is 1.86. The van der Waals surface area contributed by atoms with Gasteiger partial charge in [-0.3, -0.25) is 9.52 Å². The highest BCUT2D eigenvalue weighted by atomic mass is 32.2. The van der Waals surface area contributed by atoms with E-state index in [1.54, 1.807) is 41.3 Å². The van der Waals surface area contributed by atoms with Gasteiger partial charge < -0.3 is 19.1 Å². The van der Waals surface area contributed by atoms with Crippen LogP contribution in [0.25, 0.3) is 0 Å². The fourth-order valence-electron chi connectivity index (χ4n) is 3.70. The molecule has 8 nitrogen and oxygen atoms in total. The molecule has 9 heteroatoms. The second-order valence-electron chi connectivity index (χ2n) is 9.58. The van der Waals surface area contributed by atoms with Gasteiger partial charge in [0.15, 0.2) is 0 Å². The lowest BCUT2D eigenvalue weighted by Gasteiger charge is -2.28. The van der Waals surface area contributed by atoms with Gasteiger partial charge in [0.1, 0.15) is 23.9 Å². The Kier molecular flexibility index (Phi) is 7.65. The molecule has 0 saturated heterocycles. The summed E-state index contributed by atoms with van der Waals surface area (Å²) in [4.78, 5) is 14.9. The lowest BCUT2D eigenvalue weighted by atomic mass is 9.92. The van der Waals surface area contributed by atoms with Gasteiger partial charge in [-0.05, 0) is 56.0 Å². The average Bonchev–Trinajstić information content (AvgIpc) is 2.85. The lowest BCUT2D eigenvalue weighted by molar-refractivity contribution is -0.127. The minimum atomic E-state index is -3.74. The maximum Gasteiger partial charge on any atom is 0.236 e. The number of carbonyl (C=O) groups is 1. The molecule has 0 atom stereocenters. The Morgan fingerprint density at radius 2 is 1.74 bits per heavy atom. The molecule has 0 saturated carbocycles. The second kappa shape index (κ2) is 10.1. The van der Waals surface area contributed by atoms with E-state index in [9.17, 15) is 13.2 Å². The predicted octanol–water partition coefficient (Wildman–Crippen LogP) is 4.44. The molecule has 34 heavy (non-hydrogen) atoms. The Bertz CT molecular complexity index is 1120. The van der Waals surface area contributed by atoms with Gasteiger partial charge in [0.2, 0.25) is 15.9 Å². The van der Waals surface area contributed by atoms with Gasteiger partial charge in [-0.1, -0.05) is 13.8 Å². The summed E-state index contributed by atoms with van der Waals surface area (Å²) in [6.07, 6.45) is 0.847. The predicted molar refractivity (Wildman–Crippen MR) is 133 cm³/mol. The van der Waals surface area contributed by atoms with E-state index in [4.69, 9.17) is 14.2 Å². The number of fused-ring (bicyclic) bond motifs is 1. The molecule has 186 valence electrons. The fraction of sp³-hybridized carbons (Fsp3) is 0.480. The molecule has 2 aromatic carbocycles. The van der Waals surface area contributed by atoms with Crippen molar-refractivity contribution >= 4 is 27.3 Å². The maximum absolute atomic E-state index is 13.2. The molecule has 0 spiro atoms. The van der Waals surface area contributed by atoms with Gasteiger partial charge in [0, 0.05) is 18.7 Å². The van der Waals surface area contributed by atoms with Crippen LogP contribution in [0.2, 0.25) is 0 Å². The normalized spacial score (nSPS) is 15.4. The molecule has 0 aromatic heterocycles. The first-order chi connectivity index (χ1) is 15.9. The Labute approximate surface area is 202 Å². The van der Waals surface area contributed by atoms with Crippen LogP contribution in [-0.4, -0.2) is 41.7 Å². The molecule has 0 unspecified atom stereocenters. The highest BCUT2D eigenvalue weighted by molar-refractivity contribution is 7.91. The number of nitrogens with one attached hydrogen (secondary N) is 1. The van der Waals surface area contributed by atoms with Crippen molar-refractivity contribution in [2.45, 2.75) is 39.9 Å². The molecule has 2 aromatic rings. The van der Waals surface area contributed by atoms with Crippen molar-refractivity contribution in [3.8, 4) is 17.2 Å². The molecule has 3 rings (SSSR count). The van der Waals surface area contributed by atoms with E-state index in [2.05, 4.69) is 18.6 Å². The zero-order valence-corrected chi connectivity index (χ0v) is 21.5. The van der Waals surface area contributed by atoms with Gasteiger partial charge in [-0.25, -0.2) is 8.42 Å². The number of amides is 1. The minimum Gasteiger partial charge on any atom is -0.497 e. The van der Waals surface area contributed by atoms with Crippen LogP contribution in [0.4, 0.5) is 11.4 Å². The van der Waals surface area contributed by atoms with Crippen LogP contribution < -0.4 is 23.8 Å². The van der Waals surface area contributed by atoms with Crippen molar-refractivity contribution < 1.29 is 27.4 Å². The van der Waals surface area contributed by atoms with E-state index >= 15 is 0 Å². The molecule has 1 amide bonds. The largest absolute Gasteiger partial charge is 0.497 e. The summed E-state index contributed by atoms with van der Waals surface area (Å²) in [6.45, 7) is 8.71. The minimum absolute atomic E-state index is 0.00722. The first-order valence-corrected chi connectivity index (χ1v) is 12.9. The molecule has 1 heterocycles. The molecule has 0 bridgehead atoms. The average molecular weight is 491 g/mol. The number of sulfonamides is 1. The number of carbonyl (C=O) groups excluding carboxylic acids is 1. The van der Waals surface area contributed by atoms with Crippen LogP contribution in [0.3, 0.4) is 0 Å². The van der Waals surface area contributed by atoms with E-state index in [1.165, 1.54) is 14.2 Å². The second-order valence-corrected chi connectivity index (χ2v) is 11.3. The summed E-state index contributed by atoms with van der Waals surface area (Å²) in [7, 11) is -0.716. The molecule has 0 fully saturated rings. The summed E-state index contributed by atoms with van der Waals surface area (Å²) in [6, 6.07) is 10.0. The quantitative estimate of drug-likeness (QED) is 0.558. The van der Waals surface area contributed by atoms with Crippen molar-refractivity contribution in [1.29, 1.82) is 0 Å². The summed E-state index contributed by atoms with van der Waals surface area (Å²) in [5.41, 5.74) is 0.851. The van der Waals surface area contributed by atoms with Crippen LogP contribution in [0.15, 0.2) is 36.4 Å². The van der Waals surface area contributed by atoms with Gasteiger partial charge >= 0.3 is 0 Å². The zero-order chi connectivity index (χ0) is 25.1. The van der Waals surface area contributed by atoms with Crippen molar-refractivity contribution in [3.63, 3.8) is 0 Å². The Hall–Kier alpha value is -2.94. The lowest BCUT2D eigenvalue weighted by Crippen LogP contribution is -2.42. The van der Waals surface area contributed by atoms with Crippen molar-refractivity contribution in [3.05, 3.63) is 42.0 Å². The highest BCUT2D eigenvalue weighted by Gasteiger charge is 2.37. The fourth-order valence-corrected chi connectivity index (χ4v) is 4.87. The maximum atomic E-state index is 13.2. The van der Waals surface area contributed by atoms with Crippen LogP contribution in [-0.2, 0) is 20.6 Å². The third kappa shape index (κ3) is 6.14. The van der Waals surface area contributed by atoms with Crippen LogP contribution in [0, 0.1) is 11.3 Å². The van der Waals surface area contributed by atoms with E-state index in [0.29, 0.717) is 46.6 Å². The number of nitrogens with zero attached hydrogens (tertiary/aromatic N) is 1. The van der Waals surface area contributed by atoms with Crippen LogP contribution >= 0.6 is 0 Å². The smallest absolute Gasteiger partial charge is 0.236 e. The SMILES string of the molecule is COc1cc(CS(=O)(=O)Nc2ccc3c(c2)OCC(C)(C)C(=O)N3CCC(C)C)cc(OC)c1. The molecule has 1 aliphatic rings. The third-order valence-electron chi connectivity index (χ3n) is 5.63. The van der Waals surface area contributed by atoms with E-state index in [1.807, 2.05) is 13.8 Å². The molecule has 1 N–H and O–H groups in total. The number of hydrogen-bond donors (Lipinski definition) is 1. The first-order valence-electron chi connectivity index (χ1n) is 11.3. The molecule has 0 aliphatic carbocycles. The molecular formula is C25H34N2O6S. The summed E-state index contributed by atoms with van der Waals surface area (Å²) in [5, 5.41) is 0. The Morgan fingerprint density at radius 1 is 1.09 bits per heavy atom. The number of rotatable bonds is 9. The zero-order valence-electron chi connectivity index (χ0n) is 20.7. The van der Waals surface area contributed by atoms with Gasteiger partial charge in [0.25, 0.3) is 0 Å². The number of hydrogen-bond acceptors (Lipinski definition) is 6. The third-order valence-corrected chi connectivity index (χ3v) is 6.89. The topological polar surface area (TPSA) is 94.2 Å². The van der Waals surface area contributed by atoms with E-state index in [-0.39, 0.29) is 18.3 Å². The highest BCUT2D eigenvalue weighted by Crippen LogP contribution is 2.39. The standard InChI is InChI=1S/C25H34N2O6S/c1-17(2)9-10-27-22-8-7-19(13-23(22)33-16-25(3,4)24(27)28)26-34(29,30)15-18-11-20(31-5)14-21(12-18)32-6/h7-8,11-14,17,26H,9-10,15-16H2,1-6H3.